The van der Waals surface area contributed by atoms with E-state index >= 15 is 0 Å². The number of carbonyl (C=O) groups is 1. The number of rotatable bonds is 2. The summed E-state index contributed by atoms with van der Waals surface area (Å²) >= 11 is 0. The van der Waals surface area contributed by atoms with E-state index in [0.717, 1.165) is 18.7 Å². The Labute approximate surface area is 87.9 Å². The number of primary amides is 1. The Morgan fingerprint density at radius 1 is 1.60 bits per heavy atom. The smallest absolute Gasteiger partial charge is 0.240 e. The van der Waals surface area contributed by atoms with Crippen LogP contribution in [0.3, 0.4) is 0 Å². The lowest BCUT2D eigenvalue weighted by Crippen LogP contribution is -2.55. The molecule has 1 fully saturated rings. The van der Waals surface area contributed by atoms with Crippen molar-refractivity contribution in [1.29, 1.82) is 5.26 Å². The molecule has 4 heteroatoms. The summed E-state index contributed by atoms with van der Waals surface area (Å²) in [7, 11) is 0. The quantitative estimate of drug-likeness (QED) is 0.762. The van der Waals surface area contributed by atoms with E-state index in [9.17, 15) is 4.79 Å². The third kappa shape index (κ3) is 1.64. The zero-order chi connectivity index (χ0) is 10.8. The predicted octanol–water partition coefficient (Wildman–Crippen LogP) is 0.622. The summed E-state index contributed by atoms with van der Waals surface area (Å²) in [5, 5.41) is 8.75. The lowest BCUT2D eigenvalue weighted by atomic mass is 10.0. The van der Waals surface area contributed by atoms with E-state index in [2.05, 4.69) is 6.07 Å². The van der Waals surface area contributed by atoms with Gasteiger partial charge in [-0.2, -0.15) is 5.26 Å². The van der Waals surface area contributed by atoms with Crippen LogP contribution in [-0.2, 0) is 4.79 Å². The zero-order valence-corrected chi connectivity index (χ0v) is 8.18. The maximum absolute atomic E-state index is 11.0. The van der Waals surface area contributed by atoms with Crippen LogP contribution in [0.4, 0.5) is 5.69 Å². The molecule has 76 valence electrons. The van der Waals surface area contributed by atoms with Gasteiger partial charge in [-0.15, -0.1) is 0 Å². The van der Waals surface area contributed by atoms with Crippen molar-refractivity contribution in [2.75, 3.05) is 11.4 Å². The lowest BCUT2D eigenvalue weighted by Gasteiger charge is -2.40. The molecule has 1 amide bonds. The Morgan fingerprint density at radius 2 is 2.40 bits per heavy atom. The topological polar surface area (TPSA) is 70.1 Å². The van der Waals surface area contributed by atoms with Crippen LogP contribution in [0.25, 0.3) is 0 Å². The number of nitrogens with two attached hydrogens (primary N) is 1. The van der Waals surface area contributed by atoms with Crippen molar-refractivity contribution in [2.45, 2.75) is 12.5 Å². The molecule has 1 aromatic rings. The molecular weight excluding hydrogens is 190 g/mol. The first-order chi connectivity index (χ1) is 7.22. The van der Waals surface area contributed by atoms with Crippen LogP contribution in [0, 0.1) is 11.3 Å². The second kappa shape index (κ2) is 3.62. The fourth-order valence-electron chi connectivity index (χ4n) is 1.75. The van der Waals surface area contributed by atoms with Crippen LogP contribution >= 0.6 is 0 Å². The molecule has 1 saturated heterocycles. The number of hydrogen-bond acceptors (Lipinski definition) is 3. The average molecular weight is 201 g/mol. The lowest BCUT2D eigenvalue weighted by molar-refractivity contribution is -0.120. The average Bonchev–Trinajstić information content (AvgIpc) is 2.15. The van der Waals surface area contributed by atoms with Crippen molar-refractivity contribution in [1.82, 2.24) is 0 Å². The minimum atomic E-state index is -0.302. The Kier molecular flexibility index (Phi) is 2.30. The van der Waals surface area contributed by atoms with Gasteiger partial charge in [0, 0.05) is 12.2 Å². The van der Waals surface area contributed by atoms with Gasteiger partial charge < -0.3 is 10.6 Å². The van der Waals surface area contributed by atoms with E-state index in [1.807, 2.05) is 17.0 Å². The summed E-state index contributed by atoms with van der Waals surface area (Å²) in [6, 6.07) is 9.07. The van der Waals surface area contributed by atoms with Crippen molar-refractivity contribution < 1.29 is 4.79 Å². The molecule has 0 bridgehead atoms. The van der Waals surface area contributed by atoms with E-state index in [0.29, 0.717) is 5.56 Å². The van der Waals surface area contributed by atoms with E-state index in [4.69, 9.17) is 11.0 Å². The molecule has 1 heterocycles. The van der Waals surface area contributed by atoms with Crippen LogP contribution < -0.4 is 10.6 Å². The van der Waals surface area contributed by atoms with Crippen LogP contribution in [0.1, 0.15) is 12.0 Å². The predicted molar refractivity (Wildman–Crippen MR) is 56.1 cm³/mol. The normalized spacial score (nSPS) is 19.1. The number of anilines is 1. The maximum Gasteiger partial charge on any atom is 0.240 e. The second-order valence-electron chi connectivity index (χ2n) is 3.56. The molecule has 0 saturated carbocycles. The number of nitrogens with zero attached hydrogens (tertiary/aromatic N) is 2. The highest BCUT2D eigenvalue weighted by atomic mass is 16.1. The molecule has 4 nitrogen and oxygen atoms in total. The highest BCUT2D eigenvalue weighted by molar-refractivity contribution is 5.85. The van der Waals surface area contributed by atoms with Gasteiger partial charge in [-0.05, 0) is 24.6 Å². The number of hydrogen-bond donors (Lipinski definition) is 1. The van der Waals surface area contributed by atoms with Gasteiger partial charge in [0.15, 0.2) is 0 Å². The third-order valence-electron chi connectivity index (χ3n) is 2.65. The van der Waals surface area contributed by atoms with E-state index in [-0.39, 0.29) is 11.9 Å². The van der Waals surface area contributed by atoms with Gasteiger partial charge in [-0.25, -0.2) is 0 Å². The first-order valence-corrected chi connectivity index (χ1v) is 4.78. The van der Waals surface area contributed by atoms with Crippen molar-refractivity contribution in [3.05, 3.63) is 29.8 Å². The van der Waals surface area contributed by atoms with Gasteiger partial charge in [0.25, 0.3) is 0 Å². The van der Waals surface area contributed by atoms with E-state index < -0.39 is 0 Å². The Balaban J connectivity index is 2.23. The number of nitriles is 1. The SMILES string of the molecule is N#Cc1cccc(N2CCC2C(N)=O)c1. The first-order valence-electron chi connectivity index (χ1n) is 4.78. The van der Waals surface area contributed by atoms with Gasteiger partial charge in [-0.1, -0.05) is 6.07 Å². The molecule has 15 heavy (non-hydrogen) atoms. The summed E-state index contributed by atoms with van der Waals surface area (Å²) in [5.74, 6) is -0.302. The molecular formula is C11H11N3O. The van der Waals surface area contributed by atoms with Gasteiger partial charge in [0.2, 0.25) is 5.91 Å². The second-order valence-corrected chi connectivity index (χ2v) is 3.56. The number of carbonyl (C=O) groups excluding carboxylic acids is 1. The van der Waals surface area contributed by atoms with E-state index in [1.54, 1.807) is 12.1 Å². The number of benzene rings is 1. The van der Waals surface area contributed by atoms with Crippen LogP contribution in [-0.4, -0.2) is 18.5 Å². The van der Waals surface area contributed by atoms with Crippen molar-refractivity contribution in [2.24, 2.45) is 5.73 Å². The largest absolute Gasteiger partial charge is 0.368 e. The van der Waals surface area contributed by atoms with E-state index in [1.165, 1.54) is 0 Å². The molecule has 1 aromatic carbocycles. The molecule has 0 aromatic heterocycles. The summed E-state index contributed by atoms with van der Waals surface area (Å²) in [5.41, 5.74) is 6.74. The fourth-order valence-corrected chi connectivity index (χ4v) is 1.75. The fraction of sp³-hybridized carbons (Fsp3) is 0.273. The Hall–Kier alpha value is -2.02. The zero-order valence-electron chi connectivity index (χ0n) is 8.18. The maximum atomic E-state index is 11.0. The minimum absolute atomic E-state index is 0.209. The molecule has 0 spiro atoms. The molecule has 2 rings (SSSR count). The molecule has 2 N–H and O–H groups in total. The summed E-state index contributed by atoms with van der Waals surface area (Å²) in [6.45, 7) is 0.822. The van der Waals surface area contributed by atoms with Gasteiger partial charge in [-0.3, -0.25) is 4.79 Å². The molecule has 0 radical (unpaired) electrons. The van der Waals surface area contributed by atoms with Crippen LogP contribution in [0.15, 0.2) is 24.3 Å². The Morgan fingerprint density at radius 3 is 2.93 bits per heavy atom. The standard InChI is InChI=1S/C11H11N3O/c12-7-8-2-1-3-9(6-8)14-5-4-10(14)11(13)15/h1-3,6,10H,4-5H2,(H2,13,15). The van der Waals surface area contributed by atoms with Crippen molar-refractivity contribution in [3.63, 3.8) is 0 Å². The molecule has 1 unspecified atom stereocenters. The monoisotopic (exact) mass is 201 g/mol. The summed E-state index contributed by atoms with van der Waals surface area (Å²) in [4.78, 5) is 13.0. The van der Waals surface area contributed by atoms with Gasteiger partial charge in [0.1, 0.15) is 6.04 Å². The van der Waals surface area contributed by atoms with Gasteiger partial charge in [0.05, 0.1) is 11.6 Å². The third-order valence-corrected chi connectivity index (χ3v) is 2.65. The highest BCUT2D eigenvalue weighted by Crippen LogP contribution is 2.26. The van der Waals surface area contributed by atoms with Gasteiger partial charge >= 0.3 is 0 Å². The number of amides is 1. The first kappa shape index (κ1) is 9.53. The van der Waals surface area contributed by atoms with Crippen LogP contribution in [0.5, 0.6) is 0 Å². The van der Waals surface area contributed by atoms with Crippen molar-refractivity contribution in [3.8, 4) is 6.07 Å². The molecule has 1 aliphatic rings. The molecule has 1 atom stereocenters. The highest BCUT2D eigenvalue weighted by Gasteiger charge is 2.32. The van der Waals surface area contributed by atoms with Crippen molar-refractivity contribution >= 4 is 11.6 Å². The van der Waals surface area contributed by atoms with Crippen LogP contribution in [0.2, 0.25) is 0 Å². The summed E-state index contributed by atoms with van der Waals surface area (Å²) < 4.78 is 0. The summed E-state index contributed by atoms with van der Waals surface area (Å²) in [6.07, 6.45) is 0.798. The molecule has 0 aliphatic carbocycles. The molecule has 1 aliphatic heterocycles. The Bertz CT molecular complexity index is 436. The minimum Gasteiger partial charge on any atom is -0.368 e.